The summed E-state index contributed by atoms with van der Waals surface area (Å²) in [6.45, 7) is 3.88. The lowest BCUT2D eigenvalue weighted by molar-refractivity contribution is 1.54. The molecule has 0 heterocycles. The zero-order valence-corrected chi connectivity index (χ0v) is 7.22. The van der Waals surface area contributed by atoms with Gasteiger partial charge in [-0.3, -0.25) is 4.99 Å². The van der Waals surface area contributed by atoms with Gasteiger partial charge in [0, 0.05) is 16.9 Å². The molecular formula is C7H10BrN. The molecule has 0 N–H and O–H groups in total. The van der Waals surface area contributed by atoms with Crippen LogP contribution in [0.25, 0.3) is 0 Å². The number of nitrogens with zero attached hydrogens (tertiary/aromatic N) is 1. The highest BCUT2D eigenvalue weighted by Crippen LogP contribution is 1.98. The van der Waals surface area contributed by atoms with Crippen LogP contribution in [0.4, 0.5) is 0 Å². The molecule has 0 fully saturated rings. The van der Waals surface area contributed by atoms with E-state index in [0.717, 1.165) is 4.48 Å². The summed E-state index contributed by atoms with van der Waals surface area (Å²) in [5.41, 5.74) is 0. The van der Waals surface area contributed by atoms with Gasteiger partial charge in [0.2, 0.25) is 0 Å². The van der Waals surface area contributed by atoms with Crippen LogP contribution in [-0.2, 0) is 0 Å². The van der Waals surface area contributed by atoms with Gasteiger partial charge >= 0.3 is 0 Å². The average molecular weight is 188 g/mol. The topological polar surface area (TPSA) is 12.4 Å². The van der Waals surface area contributed by atoms with Crippen molar-refractivity contribution >= 4 is 22.1 Å². The second-order valence-corrected chi connectivity index (χ2v) is 2.35. The van der Waals surface area contributed by atoms with Gasteiger partial charge in [-0.15, -0.1) is 0 Å². The molecular weight excluding hydrogens is 178 g/mol. The van der Waals surface area contributed by atoms with E-state index in [2.05, 4.69) is 20.9 Å². The van der Waals surface area contributed by atoms with Crippen molar-refractivity contribution in [1.29, 1.82) is 0 Å². The Balaban J connectivity index is 3.71. The summed E-state index contributed by atoms with van der Waals surface area (Å²) in [6, 6.07) is 0. The number of rotatable bonds is 2. The van der Waals surface area contributed by atoms with Crippen molar-refractivity contribution in [3.05, 3.63) is 22.8 Å². The molecule has 0 aliphatic rings. The van der Waals surface area contributed by atoms with Crippen molar-refractivity contribution in [3.63, 3.8) is 0 Å². The van der Waals surface area contributed by atoms with E-state index in [1.165, 1.54) is 0 Å². The van der Waals surface area contributed by atoms with Gasteiger partial charge in [-0.25, -0.2) is 0 Å². The Kier molecular flexibility index (Phi) is 5.52. The Morgan fingerprint density at radius 1 is 1.44 bits per heavy atom. The maximum atomic E-state index is 3.94. The van der Waals surface area contributed by atoms with Crippen LogP contribution >= 0.6 is 15.9 Å². The quantitative estimate of drug-likeness (QED) is 0.590. The van der Waals surface area contributed by atoms with E-state index in [0.29, 0.717) is 0 Å². The van der Waals surface area contributed by atoms with Crippen LogP contribution < -0.4 is 0 Å². The molecule has 50 valence electrons. The second-order valence-electron chi connectivity index (χ2n) is 1.43. The van der Waals surface area contributed by atoms with E-state index in [1.807, 2.05) is 26.0 Å². The SMILES string of the molecule is C\C=C/N=C\C(Br)=C/C. The molecule has 0 unspecified atom stereocenters. The monoisotopic (exact) mass is 187 g/mol. The van der Waals surface area contributed by atoms with Crippen molar-refractivity contribution in [2.45, 2.75) is 13.8 Å². The minimum atomic E-state index is 1.00. The Morgan fingerprint density at radius 3 is 2.56 bits per heavy atom. The van der Waals surface area contributed by atoms with Gasteiger partial charge in [0.25, 0.3) is 0 Å². The molecule has 0 aliphatic heterocycles. The van der Waals surface area contributed by atoms with Gasteiger partial charge in [0.05, 0.1) is 0 Å². The molecule has 0 saturated carbocycles. The summed E-state index contributed by atoms with van der Waals surface area (Å²) >= 11 is 3.28. The molecule has 0 amide bonds. The normalized spacial score (nSPS) is 13.9. The Bertz CT molecular complexity index is 145. The maximum absolute atomic E-state index is 3.94. The highest BCUT2D eigenvalue weighted by Gasteiger charge is 1.75. The smallest absolute Gasteiger partial charge is 0.0406 e. The molecule has 2 heteroatoms. The van der Waals surface area contributed by atoms with Crippen molar-refractivity contribution < 1.29 is 0 Å². The fraction of sp³-hybridized carbons (Fsp3) is 0.286. The third-order valence-corrected chi connectivity index (χ3v) is 1.37. The van der Waals surface area contributed by atoms with Gasteiger partial charge in [-0.05, 0) is 29.8 Å². The fourth-order valence-corrected chi connectivity index (χ4v) is 0.393. The molecule has 0 aromatic carbocycles. The van der Waals surface area contributed by atoms with E-state index in [-0.39, 0.29) is 0 Å². The van der Waals surface area contributed by atoms with E-state index >= 15 is 0 Å². The first-order valence-corrected chi connectivity index (χ1v) is 3.56. The molecule has 0 bridgehead atoms. The third kappa shape index (κ3) is 5.50. The highest BCUT2D eigenvalue weighted by atomic mass is 79.9. The van der Waals surface area contributed by atoms with Crippen LogP contribution in [0.5, 0.6) is 0 Å². The molecule has 0 aromatic heterocycles. The number of halogens is 1. The second kappa shape index (κ2) is 5.76. The summed E-state index contributed by atoms with van der Waals surface area (Å²) in [7, 11) is 0. The maximum Gasteiger partial charge on any atom is 0.0406 e. The molecule has 1 nitrogen and oxygen atoms in total. The van der Waals surface area contributed by atoms with Gasteiger partial charge in [0.15, 0.2) is 0 Å². The minimum Gasteiger partial charge on any atom is -0.264 e. The summed E-state index contributed by atoms with van der Waals surface area (Å²) in [4.78, 5) is 3.94. The molecule has 0 aromatic rings. The van der Waals surface area contributed by atoms with E-state index < -0.39 is 0 Å². The molecule has 0 radical (unpaired) electrons. The highest BCUT2D eigenvalue weighted by molar-refractivity contribution is 9.12. The number of aliphatic imine (C=N–C) groups is 1. The molecule has 0 saturated heterocycles. The first kappa shape index (κ1) is 8.63. The summed E-state index contributed by atoms with van der Waals surface area (Å²) in [6.07, 6.45) is 7.31. The van der Waals surface area contributed by atoms with Gasteiger partial charge in [-0.2, -0.15) is 0 Å². The van der Waals surface area contributed by atoms with Gasteiger partial charge in [0.1, 0.15) is 0 Å². The predicted molar refractivity (Wildman–Crippen MR) is 46.0 cm³/mol. The van der Waals surface area contributed by atoms with Crippen molar-refractivity contribution in [2.24, 2.45) is 4.99 Å². The molecule has 0 spiro atoms. The molecule has 0 aliphatic carbocycles. The minimum absolute atomic E-state index is 1.00. The Hall–Kier alpha value is -0.370. The first-order valence-electron chi connectivity index (χ1n) is 2.77. The number of allylic oxidation sites excluding steroid dienone is 3. The van der Waals surface area contributed by atoms with Crippen LogP contribution in [-0.4, -0.2) is 6.21 Å². The predicted octanol–water partition coefficient (Wildman–Crippen LogP) is 2.89. The fourth-order valence-electron chi connectivity index (χ4n) is 0.275. The lowest BCUT2D eigenvalue weighted by atomic mass is 10.5. The zero-order valence-electron chi connectivity index (χ0n) is 5.63. The summed E-state index contributed by atoms with van der Waals surface area (Å²) < 4.78 is 1.00. The van der Waals surface area contributed by atoms with Gasteiger partial charge < -0.3 is 0 Å². The molecule has 9 heavy (non-hydrogen) atoms. The lowest BCUT2D eigenvalue weighted by Crippen LogP contribution is -1.67. The standard InChI is InChI=1S/C7H10BrN/c1-3-5-9-6-7(8)4-2/h3-6H,1-2H3/b5-3-,7-4+,9-6-. The van der Waals surface area contributed by atoms with Gasteiger partial charge in [-0.1, -0.05) is 12.2 Å². The van der Waals surface area contributed by atoms with Crippen molar-refractivity contribution in [1.82, 2.24) is 0 Å². The summed E-state index contributed by atoms with van der Waals surface area (Å²) in [5.74, 6) is 0. The van der Waals surface area contributed by atoms with Crippen LogP contribution in [0.3, 0.4) is 0 Å². The lowest BCUT2D eigenvalue weighted by Gasteiger charge is -1.79. The summed E-state index contributed by atoms with van der Waals surface area (Å²) in [5, 5.41) is 0. The Morgan fingerprint density at radius 2 is 2.11 bits per heavy atom. The van der Waals surface area contributed by atoms with Crippen LogP contribution in [0.2, 0.25) is 0 Å². The average Bonchev–Trinajstić information content (AvgIpc) is 1.89. The van der Waals surface area contributed by atoms with Crippen molar-refractivity contribution in [2.75, 3.05) is 0 Å². The molecule has 0 rings (SSSR count). The largest absolute Gasteiger partial charge is 0.264 e. The van der Waals surface area contributed by atoms with E-state index in [1.54, 1.807) is 12.4 Å². The van der Waals surface area contributed by atoms with Crippen LogP contribution in [0, 0.1) is 0 Å². The van der Waals surface area contributed by atoms with E-state index in [4.69, 9.17) is 0 Å². The zero-order chi connectivity index (χ0) is 7.11. The first-order chi connectivity index (χ1) is 4.31. The van der Waals surface area contributed by atoms with Crippen molar-refractivity contribution in [3.8, 4) is 0 Å². The van der Waals surface area contributed by atoms with Crippen LogP contribution in [0.15, 0.2) is 27.8 Å². The third-order valence-electron chi connectivity index (χ3n) is 0.709. The Labute approximate surface area is 64.3 Å². The number of hydrogen-bond donors (Lipinski definition) is 0. The van der Waals surface area contributed by atoms with Crippen LogP contribution in [0.1, 0.15) is 13.8 Å². The van der Waals surface area contributed by atoms with E-state index in [9.17, 15) is 0 Å². The molecule has 0 atom stereocenters. The number of hydrogen-bond acceptors (Lipinski definition) is 1.